The van der Waals surface area contributed by atoms with Gasteiger partial charge >= 0.3 is 5.97 Å². The summed E-state index contributed by atoms with van der Waals surface area (Å²) in [5.41, 5.74) is 2.41. The predicted molar refractivity (Wildman–Crippen MR) is 45.1 cm³/mol. The topological polar surface area (TPSA) is 76.2 Å². The average molecular weight is 220 g/mol. The summed E-state index contributed by atoms with van der Waals surface area (Å²) in [7, 11) is 0. The van der Waals surface area contributed by atoms with Gasteiger partial charge in [0.1, 0.15) is 11.3 Å². The quantitative estimate of drug-likeness (QED) is 0.793. The summed E-state index contributed by atoms with van der Waals surface area (Å²) >= 11 is 0. The lowest BCUT2D eigenvalue weighted by atomic mass is 10.1. The summed E-state index contributed by atoms with van der Waals surface area (Å²) in [5.74, 6) is -6.53. The fourth-order valence-electron chi connectivity index (χ4n) is 0.978. The van der Waals surface area contributed by atoms with Crippen LogP contribution in [0, 0.1) is 5.82 Å². The molecule has 0 saturated heterocycles. The first-order chi connectivity index (χ1) is 6.75. The second-order valence-electron chi connectivity index (χ2n) is 2.94. The highest BCUT2D eigenvalue weighted by atomic mass is 19.3. The summed E-state index contributed by atoms with van der Waals surface area (Å²) in [6, 6.07) is 0. The Morgan fingerprint density at radius 2 is 2.13 bits per heavy atom. The first-order valence-corrected chi connectivity index (χ1v) is 3.80. The van der Waals surface area contributed by atoms with Crippen molar-refractivity contribution in [1.82, 2.24) is 4.98 Å². The molecule has 0 aliphatic heterocycles. The van der Waals surface area contributed by atoms with Crippen LogP contribution in [-0.2, 0) is 5.92 Å². The standard InChI is InChI=1S/C8H7F3N2O2/c1-8(10,11)6-4(9)5(12)3(2-13-6)7(14)15/h2H,1H3,(H2,12,13)(H,14,15). The van der Waals surface area contributed by atoms with Crippen molar-refractivity contribution in [2.45, 2.75) is 12.8 Å². The van der Waals surface area contributed by atoms with Gasteiger partial charge in [-0.1, -0.05) is 0 Å². The molecule has 0 aliphatic carbocycles. The molecular formula is C8H7F3N2O2. The summed E-state index contributed by atoms with van der Waals surface area (Å²) in [6.45, 7) is 0.443. The molecule has 1 rings (SSSR count). The minimum Gasteiger partial charge on any atom is -0.478 e. The third-order valence-corrected chi connectivity index (χ3v) is 1.70. The van der Waals surface area contributed by atoms with Gasteiger partial charge in [0.05, 0.1) is 5.69 Å². The second kappa shape index (κ2) is 3.41. The van der Waals surface area contributed by atoms with Gasteiger partial charge in [0.2, 0.25) is 0 Å². The Morgan fingerprint density at radius 1 is 1.60 bits per heavy atom. The Bertz CT molecular complexity index is 415. The minimum absolute atomic E-state index is 0.443. The molecule has 1 heterocycles. The Balaban J connectivity index is 3.41. The third-order valence-electron chi connectivity index (χ3n) is 1.70. The molecule has 0 spiro atoms. The molecule has 0 bridgehead atoms. The van der Waals surface area contributed by atoms with E-state index in [1.54, 1.807) is 0 Å². The van der Waals surface area contributed by atoms with Crippen molar-refractivity contribution in [1.29, 1.82) is 0 Å². The van der Waals surface area contributed by atoms with E-state index in [1.807, 2.05) is 0 Å². The van der Waals surface area contributed by atoms with Crippen LogP contribution in [-0.4, -0.2) is 16.1 Å². The van der Waals surface area contributed by atoms with Gasteiger partial charge in [-0.2, -0.15) is 8.78 Å². The SMILES string of the molecule is CC(F)(F)c1ncc(C(=O)O)c(N)c1F. The largest absolute Gasteiger partial charge is 0.478 e. The molecule has 0 amide bonds. The maximum atomic E-state index is 13.2. The second-order valence-corrected chi connectivity index (χ2v) is 2.94. The molecule has 7 heteroatoms. The average Bonchev–Trinajstić information content (AvgIpc) is 2.06. The molecule has 1 aromatic rings. The van der Waals surface area contributed by atoms with Crippen molar-refractivity contribution in [2.24, 2.45) is 0 Å². The normalized spacial score (nSPS) is 11.5. The molecule has 0 unspecified atom stereocenters. The number of nitrogen functional groups attached to an aromatic ring is 1. The maximum Gasteiger partial charge on any atom is 0.339 e. The van der Waals surface area contributed by atoms with Crippen LogP contribution in [0.15, 0.2) is 6.20 Å². The van der Waals surface area contributed by atoms with Crippen LogP contribution in [0.25, 0.3) is 0 Å². The van der Waals surface area contributed by atoms with Gasteiger partial charge < -0.3 is 10.8 Å². The number of nitrogens with zero attached hydrogens (tertiary/aromatic N) is 1. The number of anilines is 1. The van der Waals surface area contributed by atoms with Crippen LogP contribution in [0.3, 0.4) is 0 Å². The van der Waals surface area contributed by atoms with Crippen LogP contribution < -0.4 is 5.73 Å². The van der Waals surface area contributed by atoms with Crippen molar-refractivity contribution in [3.05, 3.63) is 23.3 Å². The molecule has 0 fully saturated rings. The summed E-state index contributed by atoms with van der Waals surface area (Å²) < 4.78 is 38.6. The molecule has 3 N–H and O–H groups in total. The highest BCUT2D eigenvalue weighted by Crippen LogP contribution is 2.30. The maximum absolute atomic E-state index is 13.2. The van der Waals surface area contributed by atoms with Crippen molar-refractivity contribution in [3.63, 3.8) is 0 Å². The van der Waals surface area contributed by atoms with Gasteiger partial charge in [-0.05, 0) is 0 Å². The van der Waals surface area contributed by atoms with E-state index in [1.165, 1.54) is 0 Å². The lowest BCUT2D eigenvalue weighted by Crippen LogP contribution is -2.16. The van der Waals surface area contributed by atoms with E-state index >= 15 is 0 Å². The molecule has 15 heavy (non-hydrogen) atoms. The van der Waals surface area contributed by atoms with Crippen LogP contribution in [0.5, 0.6) is 0 Å². The summed E-state index contributed by atoms with van der Waals surface area (Å²) in [4.78, 5) is 13.5. The van der Waals surface area contributed by atoms with E-state index in [0.717, 1.165) is 0 Å². The zero-order valence-corrected chi connectivity index (χ0v) is 7.59. The zero-order valence-electron chi connectivity index (χ0n) is 7.59. The highest BCUT2D eigenvalue weighted by molar-refractivity contribution is 5.93. The predicted octanol–water partition coefficient (Wildman–Crippen LogP) is 1.61. The van der Waals surface area contributed by atoms with Crippen LogP contribution in [0.2, 0.25) is 0 Å². The molecule has 82 valence electrons. The Kier molecular flexibility index (Phi) is 2.57. The number of pyridine rings is 1. The Hall–Kier alpha value is -1.79. The number of aromatic carboxylic acids is 1. The van der Waals surface area contributed by atoms with Gasteiger partial charge in [0.25, 0.3) is 5.92 Å². The lowest BCUT2D eigenvalue weighted by Gasteiger charge is -2.12. The van der Waals surface area contributed by atoms with Crippen molar-refractivity contribution in [2.75, 3.05) is 5.73 Å². The lowest BCUT2D eigenvalue weighted by molar-refractivity contribution is 0.00876. The highest BCUT2D eigenvalue weighted by Gasteiger charge is 2.32. The summed E-state index contributed by atoms with van der Waals surface area (Å²) in [5, 5.41) is 8.51. The number of carboxylic acids is 1. The van der Waals surface area contributed by atoms with Crippen molar-refractivity contribution >= 4 is 11.7 Å². The van der Waals surface area contributed by atoms with E-state index in [0.29, 0.717) is 13.1 Å². The van der Waals surface area contributed by atoms with Gasteiger partial charge in [0, 0.05) is 13.1 Å². The Labute approximate surface area is 82.5 Å². The Morgan fingerprint density at radius 3 is 2.53 bits per heavy atom. The van der Waals surface area contributed by atoms with E-state index in [-0.39, 0.29) is 0 Å². The number of alkyl halides is 2. The molecule has 0 aliphatic rings. The van der Waals surface area contributed by atoms with Crippen LogP contribution in [0.1, 0.15) is 23.0 Å². The van der Waals surface area contributed by atoms with Crippen molar-refractivity contribution in [3.8, 4) is 0 Å². The molecule has 0 saturated carbocycles. The first-order valence-electron chi connectivity index (χ1n) is 3.80. The van der Waals surface area contributed by atoms with Crippen LogP contribution >= 0.6 is 0 Å². The number of carbonyl (C=O) groups is 1. The van der Waals surface area contributed by atoms with E-state index < -0.39 is 34.7 Å². The third kappa shape index (κ3) is 2.00. The van der Waals surface area contributed by atoms with Gasteiger partial charge in [-0.15, -0.1) is 0 Å². The molecule has 0 atom stereocenters. The smallest absolute Gasteiger partial charge is 0.339 e. The summed E-state index contributed by atoms with van der Waals surface area (Å²) in [6.07, 6.45) is 0.605. The number of halogens is 3. The monoisotopic (exact) mass is 220 g/mol. The van der Waals surface area contributed by atoms with E-state index in [2.05, 4.69) is 4.98 Å². The number of hydrogen-bond donors (Lipinski definition) is 2. The molecule has 4 nitrogen and oxygen atoms in total. The van der Waals surface area contributed by atoms with E-state index in [4.69, 9.17) is 10.8 Å². The fraction of sp³-hybridized carbons (Fsp3) is 0.250. The fourth-order valence-corrected chi connectivity index (χ4v) is 0.978. The number of aromatic nitrogens is 1. The number of rotatable bonds is 2. The van der Waals surface area contributed by atoms with Crippen LogP contribution in [0.4, 0.5) is 18.9 Å². The zero-order chi connectivity index (χ0) is 11.8. The van der Waals surface area contributed by atoms with Crippen molar-refractivity contribution < 1.29 is 23.1 Å². The number of nitrogens with two attached hydrogens (primary N) is 1. The van der Waals surface area contributed by atoms with Gasteiger partial charge in [0.15, 0.2) is 5.82 Å². The first kappa shape index (κ1) is 11.3. The molecule has 0 radical (unpaired) electrons. The van der Waals surface area contributed by atoms with Gasteiger partial charge in [-0.25, -0.2) is 9.18 Å². The minimum atomic E-state index is -3.50. The molecular weight excluding hydrogens is 213 g/mol. The van der Waals surface area contributed by atoms with E-state index in [9.17, 15) is 18.0 Å². The number of carboxylic acid groups (broad SMARTS) is 1. The van der Waals surface area contributed by atoms with Gasteiger partial charge in [-0.3, -0.25) is 4.98 Å². The molecule has 0 aromatic carbocycles. The molecule has 1 aromatic heterocycles. The number of hydrogen-bond acceptors (Lipinski definition) is 3.